The first-order valence-corrected chi connectivity index (χ1v) is 8.09. The van der Waals surface area contributed by atoms with Crippen LogP contribution in [0.3, 0.4) is 0 Å². The summed E-state index contributed by atoms with van der Waals surface area (Å²) in [7, 11) is 1.94. The topological polar surface area (TPSA) is 44.6 Å². The van der Waals surface area contributed by atoms with Gasteiger partial charge in [-0.3, -0.25) is 4.99 Å². The number of hydrogen-bond donors (Lipinski definition) is 2. The van der Waals surface area contributed by atoms with E-state index in [1.807, 2.05) is 13.3 Å². The number of phenolic OH excluding ortho intramolecular Hbond substituents is 1. The van der Waals surface area contributed by atoms with Gasteiger partial charge in [-0.2, -0.15) is 0 Å². The van der Waals surface area contributed by atoms with Crippen molar-refractivity contribution in [1.82, 2.24) is 5.32 Å². The van der Waals surface area contributed by atoms with Gasteiger partial charge in [0.15, 0.2) is 0 Å². The number of rotatable bonds is 5. The molecule has 3 nitrogen and oxygen atoms in total. The molecule has 0 amide bonds. The van der Waals surface area contributed by atoms with Gasteiger partial charge in [-0.25, -0.2) is 0 Å². The van der Waals surface area contributed by atoms with Gasteiger partial charge in [0.25, 0.3) is 0 Å². The van der Waals surface area contributed by atoms with Gasteiger partial charge in [-0.05, 0) is 42.5 Å². The number of hydrogen-bond acceptors (Lipinski definition) is 3. The maximum atomic E-state index is 10.6. The Morgan fingerprint density at radius 1 is 1.09 bits per heavy atom. The van der Waals surface area contributed by atoms with Crippen LogP contribution in [0.15, 0.2) is 17.1 Å². The lowest BCUT2D eigenvalue weighted by Crippen LogP contribution is -2.17. The fraction of sp³-hybridized carbons (Fsp3) is 0.632. The minimum atomic E-state index is -0.0972. The number of phenols is 1. The Hall–Kier alpha value is -1.35. The highest BCUT2D eigenvalue weighted by molar-refractivity contribution is 5.85. The number of benzene rings is 1. The van der Waals surface area contributed by atoms with Crippen LogP contribution in [0.1, 0.15) is 64.7 Å². The monoisotopic (exact) mass is 304 g/mol. The van der Waals surface area contributed by atoms with Crippen LogP contribution in [0.2, 0.25) is 0 Å². The van der Waals surface area contributed by atoms with E-state index in [-0.39, 0.29) is 10.8 Å². The first kappa shape index (κ1) is 18.7. The second-order valence-electron chi connectivity index (χ2n) is 7.95. The summed E-state index contributed by atoms with van der Waals surface area (Å²) in [6.07, 6.45) is 2.81. The molecule has 1 aromatic carbocycles. The Bertz CT molecular complexity index is 519. The van der Waals surface area contributed by atoms with Crippen molar-refractivity contribution < 1.29 is 5.11 Å². The summed E-state index contributed by atoms with van der Waals surface area (Å²) in [5.41, 5.74) is 2.98. The molecule has 0 heterocycles. The van der Waals surface area contributed by atoms with Crippen molar-refractivity contribution in [2.24, 2.45) is 4.99 Å². The van der Waals surface area contributed by atoms with Gasteiger partial charge < -0.3 is 10.4 Å². The summed E-state index contributed by atoms with van der Waals surface area (Å²) in [6, 6.07) is 4.19. The predicted molar refractivity (Wildman–Crippen MR) is 96.5 cm³/mol. The van der Waals surface area contributed by atoms with Crippen molar-refractivity contribution in [3.63, 3.8) is 0 Å². The molecule has 22 heavy (non-hydrogen) atoms. The van der Waals surface area contributed by atoms with Crippen LogP contribution in [0.5, 0.6) is 5.75 Å². The molecule has 0 bridgehead atoms. The van der Waals surface area contributed by atoms with E-state index in [2.05, 4.69) is 64.0 Å². The predicted octanol–water partition coefficient (Wildman–Crippen LogP) is 4.02. The van der Waals surface area contributed by atoms with Gasteiger partial charge in [0, 0.05) is 23.9 Å². The van der Waals surface area contributed by atoms with Gasteiger partial charge in [-0.15, -0.1) is 0 Å². The third-order valence-corrected chi connectivity index (χ3v) is 3.76. The Balaban J connectivity index is 3.20. The van der Waals surface area contributed by atoms with Crippen molar-refractivity contribution in [3.05, 3.63) is 28.8 Å². The molecular formula is C19H32N2O. The molecule has 0 atom stereocenters. The summed E-state index contributed by atoms with van der Waals surface area (Å²) in [4.78, 5) is 4.46. The van der Waals surface area contributed by atoms with Crippen LogP contribution in [0, 0.1) is 0 Å². The summed E-state index contributed by atoms with van der Waals surface area (Å²) in [5.74, 6) is 0.359. The smallest absolute Gasteiger partial charge is 0.128 e. The zero-order valence-corrected chi connectivity index (χ0v) is 15.2. The maximum Gasteiger partial charge on any atom is 0.128 e. The highest BCUT2D eigenvalue weighted by atomic mass is 16.3. The minimum absolute atomic E-state index is 0.0441. The Morgan fingerprint density at radius 2 is 1.73 bits per heavy atom. The molecule has 0 aliphatic carbocycles. The fourth-order valence-corrected chi connectivity index (χ4v) is 2.27. The molecule has 0 aliphatic rings. The lowest BCUT2D eigenvalue weighted by Gasteiger charge is -2.27. The maximum absolute atomic E-state index is 10.6. The Labute approximate surface area is 135 Å². The minimum Gasteiger partial charge on any atom is -0.507 e. The number of aliphatic imine (C=N–C) groups is 1. The second-order valence-corrected chi connectivity index (χ2v) is 7.95. The second kappa shape index (κ2) is 7.28. The molecule has 0 saturated heterocycles. The van der Waals surface area contributed by atoms with Crippen LogP contribution >= 0.6 is 0 Å². The first-order chi connectivity index (χ1) is 10.1. The molecule has 0 fully saturated rings. The van der Waals surface area contributed by atoms with Gasteiger partial charge in [0.1, 0.15) is 5.75 Å². The summed E-state index contributed by atoms with van der Waals surface area (Å²) in [6.45, 7) is 14.7. The van der Waals surface area contributed by atoms with Crippen molar-refractivity contribution >= 4 is 6.21 Å². The molecule has 0 saturated carbocycles. The van der Waals surface area contributed by atoms with E-state index in [0.29, 0.717) is 5.75 Å². The lowest BCUT2D eigenvalue weighted by atomic mass is 9.79. The van der Waals surface area contributed by atoms with Crippen molar-refractivity contribution in [2.75, 3.05) is 20.1 Å². The van der Waals surface area contributed by atoms with E-state index in [4.69, 9.17) is 0 Å². The highest BCUT2D eigenvalue weighted by Gasteiger charge is 2.24. The molecule has 2 N–H and O–H groups in total. The quantitative estimate of drug-likeness (QED) is 0.637. The van der Waals surface area contributed by atoms with Crippen LogP contribution in [0.4, 0.5) is 0 Å². The van der Waals surface area contributed by atoms with Gasteiger partial charge in [0.05, 0.1) is 0 Å². The molecular weight excluding hydrogens is 272 g/mol. The molecule has 1 aromatic rings. The summed E-state index contributed by atoms with van der Waals surface area (Å²) >= 11 is 0. The largest absolute Gasteiger partial charge is 0.507 e. The van der Waals surface area contributed by atoms with E-state index in [1.165, 1.54) is 5.56 Å². The standard InChI is InChI=1S/C19H32N2O/c1-18(2,3)15-11-14(13-21-10-8-9-20-7)17(22)16(12-15)19(4,5)6/h11-13,20,22H,8-10H2,1-7H3/b21-13+. The summed E-state index contributed by atoms with van der Waals surface area (Å²) < 4.78 is 0. The highest BCUT2D eigenvalue weighted by Crippen LogP contribution is 2.37. The average molecular weight is 304 g/mol. The van der Waals surface area contributed by atoms with Gasteiger partial charge in [-0.1, -0.05) is 47.6 Å². The normalized spacial score (nSPS) is 13.0. The van der Waals surface area contributed by atoms with E-state index in [1.54, 1.807) is 0 Å². The number of aromatic hydroxyl groups is 1. The van der Waals surface area contributed by atoms with E-state index in [0.717, 1.165) is 30.6 Å². The van der Waals surface area contributed by atoms with E-state index < -0.39 is 0 Å². The Morgan fingerprint density at radius 3 is 2.23 bits per heavy atom. The van der Waals surface area contributed by atoms with Crippen molar-refractivity contribution in [1.29, 1.82) is 0 Å². The fourth-order valence-electron chi connectivity index (χ4n) is 2.27. The molecule has 124 valence electrons. The SMILES string of the molecule is CNCCC/N=C/c1cc(C(C)(C)C)cc(C(C)(C)C)c1O. The first-order valence-electron chi connectivity index (χ1n) is 8.09. The van der Waals surface area contributed by atoms with E-state index in [9.17, 15) is 5.11 Å². The zero-order valence-electron chi connectivity index (χ0n) is 15.2. The molecule has 0 spiro atoms. The van der Waals surface area contributed by atoms with Crippen molar-refractivity contribution in [2.45, 2.75) is 58.8 Å². The Kier molecular flexibility index (Phi) is 6.18. The average Bonchev–Trinajstić information content (AvgIpc) is 2.37. The van der Waals surface area contributed by atoms with Crippen LogP contribution in [-0.2, 0) is 10.8 Å². The molecule has 0 aliphatic heterocycles. The third-order valence-electron chi connectivity index (χ3n) is 3.76. The van der Waals surface area contributed by atoms with Gasteiger partial charge in [0.2, 0.25) is 0 Å². The lowest BCUT2D eigenvalue weighted by molar-refractivity contribution is 0.444. The molecule has 3 heteroatoms. The van der Waals surface area contributed by atoms with Crippen LogP contribution in [0.25, 0.3) is 0 Å². The van der Waals surface area contributed by atoms with E-state index >= 15 is 0 Å². The molecule has 0 radical (unpaired) electrons. The third kappa shape index (κ3) is 5.13. The number of nitrogens with one attached hydrogen (secondary N) is 1. The van der Waals surface area contributed by atoms with Gasteiger partial charge >= 0.3 is 0 Å². The van der Waals surface area contributed by atoms with Crippen LogP contribution in [-0.4, -0.2) is 31.5 Å². The summed E-state index contributed by atoms with van der Waals surface area (Å²) in [5, 5.41) is 13.7. The molecule has 0 unspecified atom stereocenters. The van der Waals surface area contributed by atoms with Crippen LogP contribution < -0.4 is 5.32 Å². The number of nitrogens with zero attached hydrogens (tertiary/aromatic N) is 1. The molecule has 1 rings (SSSR count). The molecule has 0 aromatic heterocycles. The van der Waals surface area contributed by atoms with Crippen molar-refractivity contribution in [3.8, 4) is 5.75 Å². The zero-order chi connectivity index (χ0) is 17.0.